The molecule has 1 unspecified atom stereocenters. The Hall–Kier alpha value is -2.55. The van der Waals surface area contributed by atoms with Gasteiger partial charge in [0.2, 0.25) is 5.91 Å². The van der Waals surface area contributed by atoms with Gasteiger partial charge in [0.05, 0.1) is 6.54 Å². The van der Waals surface area contributed by atoms with E-state index in [0.717, 1.165) is 15.5 Å². The number of hydrogen-bond acceptors (Lipinski definition) is 5. The molecule has 1 heterocycles. The molecule has 1 aliphatic rings. The van der Waals surface area contributed by atoms with E-state index in [4.69, 9.17) is 21.4 Å². The molecule has 0 saturated carbocycles. The van der Waals surface area contributed by atoms with Crippen molar-refractivity contribution in [2.75, 3.05) is 6.54 Å². The summed E-state index contributed by atoms with van der Waals surface area (Å²) in [4.78, 5) is 30.6. The molecular weight excluding hydrogens is 474 g/mol. The van der Waals surface area contributed by atoms with Crippen LogP contribution in [-0.4, -0.2) is 35.1 Å². The van der Waals surface area contributed by atoms with E-state index in [1.807, 2.05) is 60.7 Å². The molecule has 3 rings (SSSR count). The van der Waals surface area contributed by atoms with E-state index >= 15 is 0 Å². The summed E-state index contributed by atoms with van der Waals surface area (Å²) in [6.07, 6.45) is 0.881. The number of amides is 2. The quantitative estimate of drug-likeness (QED) is 0.433. The molecule has 0 saturated heterocycles. The summed E-state index contributed by atoms with van der Waals surface area (Å²) in [6.45, 7) is 0.277. The van der Waals surface area contributed by atoms with Crippen molar-refractivity contribution in [3.8, 4) is 0 Å². The monoisotopic (exact) mass is 493 g/mol. The van der Waals surface area contributed by atoms with Gasteiger partial charge in [0.1, 0.15) is 23.4 Å². The van der Waals surface area contributed by atoms with Crippen LogP contribution in [0.15, 0.2) is 71.3 Å². The molecule has 1 aliphatic heterocycles. The lowest BCUT2D eigenvalue weighted by molar-refractivity contribution is -0.125. The van der Waals surface area contributed by atoms with Crippen LogP contribution in [0.5, 0.6) is 0 Å². The molecular formula is C21H21BrClN3O4. The number of hydroxylamine groups is 1. The van der Waals surface area contributed by atoms with Gasteiger partial charge in [-0.15, -0.1) is 0 Å². The second-order valence-electron chi connectivity index (χ2n) is 6.58. The fraction of sp³-hybridized carbons (Fsp3) is 0.238. The normalized spacial score (nSPS) is 16.2. The molecule has 0 spiro atoms. The molecule has 2 aromatic rings. The predicted octanol–water partition coefficient (Wildman–Crippen LogP) is 3.65. The Morgan fingerprint density at radius 1 is 1.13 bits per heavy atom. The van der Waals surface area contributed by atoms with Crippen molar-refractivity contribution < 1.29 is 19.2 Å². The molecule has 7 nitrogen and oxygen atoms in total. The van der Waals surface area contributed by atoms with Crippen molar-refractivity contribution in [2.45, 2.75) is 25.2 Å². The SMILES string of the molecule is O=C(NCC1C=C(Br)NO1)[C@H](Cc1ccccc1)N(Cl)C(=O)OCc1ccccc1. The zero-order valence-corrected chi connectivity index (χ0v) is 18.3. The third-order valence-electron chi connectivity index (χ3n) is 4.35. The average Bonchev–Trinajstić information content (AvgIpc) is 3.20. The maximum Gasteiger partial charge on any atom is 0.425 e. The summed E-state index contributed by atoms with van der Waals surface area (Å²) in [6, 6.07) is 17.6. The average molecular weight is 495 g/mol. The maximum atomic E-state index is 12.9. The molecule has 30 heavy (non-hydrogen) atoms. The number of hydrogen-bond donors (Lipinski definition) is 2. The zero-order valence-electron chi connectivity index (χ0n) is 16.0. The van der Waals surface area contributed by atoms with Gasteiger partial charge >= 0.3 is 6.09 Å². The summed E-state index contributed by atoms with van der Waals surface area (Å²) in [5.74, 6) is -0.412. The Bertz CT molecular complexity index is 882. The van der Waals surface area contributed by atoms with Crippen LogP contribution in [0.3, 0.4) is 0 Å². The lowest BCUT2D eigenvalue weighted by atomic mass is 10.1. The van der Waals surface area contributed by atoms with Gasteiger partial charge in [-0.05, 0) is 33.1 Å². The van der Waals surface area contributed by atoms with Crippen molar-refractivity contribution in [3.63, 3.8) is 0 Å². The maximum absolute atomic E-state index is 12.9. The standard InChI is InChI=1S/C21H21BrClN3O4/c22-19-12-17(30-25-19)13-24-20(27)18(11-15-7-3-1-4-8-15)26(23)21(28)29-14-16-9-5-2-6-10-16/h1-10,12,17-18,25H,11,13-14H2,(H,24,27)/t17?,18-/m0/s1. The molecule has 9 heteroatoms. The summed E-state index contributed by atoms with van der Waals surface area (Å²) in [5, 5.41) is 2.77. The molecule has 158 valence electrons. The highest BCUT2D eigenvalue weighted by molar-refractivity contribution is 9.11. The Morgan fingerprint density at radius 3 is 2.37 bits per heavy atom. The highest BCUT2D eigenvalue weighted by atomic mass is 79.9. The Labute approximate surface area is 188 Å². The Morgan fingerprint density at radius 2 is 1.77 bits per heavy atom. The minimum absolute atomic E-state index is 0.0585. The largest absolute Gasteiger partial charge is 0.444 e. The van der Waals surface area contributed by atoms with Crippen LogP contribution in [0.4, 0.5) is 4.79 Å². The van der Waals surface area contributed by atoms with Crippen molar-refractivity contribution >= 4 is 39.7 Å². The van der Waals surface area contributed by atoms with Gasteiger partial charge < -0.3 is 10.1 Å². The first-order valence-corrected chi connectivity index (χ1v) is 10.4. The van der Waals surface area contributed by atoms with Gasteiger partial charge in [0.15, 0.2) is 0 Å². The first-order chi connectivity index (χ1) is 14.5. The van der Waals surface area contributed by atoms with Gasteiger partial charge in [-0.2, -0.15) is 0 Å². The number of nitrogens with zero attached hydrogens (tertiary/aromatic N) is 1. The van der Waals surface area contributed by atoms with E-state index in [1.165, 1.54) is 0 Å². The number of ether oxygens (including phenoxy) is 1. The van der Waals surface area contributed by atoms with E-state index in [1.54, 1.807) is 6.08 Å². The predicted molar refractivity (Wildman–Crippen MR) is 116 cm³/mol. The lowest BCUT2D eigenvalue weighted by Crippen LogP contribution is -2.48. The van der Waals surface area contributed by atoms with Crippen LogP contribution in [0, 0.1) is 0 Å². The van der Waals surface area contributed by atoms with Gasteiger partial charge in [0.25, 0.3) is 0 Å². The van der Waals surface area contributed by atoms with Crippen LogP contribution in [0.25, 0.3) is 0 Å². The van der Waals surface area contributed by atoms with E-state index in [0.29, 0.717) is 4.61 Å². The summed E-state index contributed by atoms with van der Waals surface area (Å²) >= 11 is 9.52. The number of nitrogens with one attached hydrogen (secondary N) is 2. The van der Waals surface area contributed by atoms with Gasteiger partial charge in [-0.3, -0.25) is 15.1 Å². The fourth-order valence-corrected chi connectivity index (χ4v) is 3.40. The smallest absolute Gasteiger partial charge is 0.425 e. The van der Waals surface area contributed by atoms with E-state index in [9.17, 15) is 9.59 Å². The highest BCUT2D eigenvalue weighted by Gasteiger charge is 2.31. The summed E-state index contributed by atoms with van der Waals surface area (Å²) in [5.41, 5.74) is 4.34. The number of carbonyl (C=O) groups excluding carboxylic acids is 2. The van der Waals surface area contributed by atoms with Crippen molar-refractivity contribution in [2.24, 2.45) is 0 Å². The molecule has 0 bridgehead atoms. The third-order valence-corrected chi connectivity index (χ3v) is 5.15. The van der Waals surface area contributed by atoms with Crippen molar-refractivity contribution in [1.82, 2.24) is 15.2 Å². The molecule has 2 amide bonds. The van der Waals surface area contributed by atoms with E-state index in [2.05, 4.69) is 26.7 Å². The van der Waals surface area contributed by atoms with Crippen LogP contribution in [0.2, 0.25) is 0 Å². The molecule has 0 aliphatic carbocycles. The second-order valence-corrected chi connectivity index (χ2v) is 7.79. The Balaban J connectivity index is 1.64. The highest BCUT2D eigenvalue weighted by Crippen LogP contribution is 2.16. The van der Waals surface area contributed by atoms with E-state index < -0.39 is 18.0 Å². The van der Waals surface area contributed by atoms with Crippen molar-refractivity contribution in [1.29, 1.82) is 0 Å². The number of benzene rings is 2. The number of carbonyl (C=O) groups is 2. The van der Waals surface area contributed by atoms with Gasteiger partial charge in [-0.1, -0.05) is 60.7 Å². The molecule has 2 aromatic carbocycles. The molecule has 0 fully saturated rings. The first-order valence-electron chi connectivity index (χ1n) is 9.29. The fourth-order valence-electron chi connectivity index (χ4n) is 2.80. The first kappa shape index (κ1) is 22.1. The van der Waals surface area contributed by atoms with Crippen LogP contribution in [-0.2, 0) is 27.4 Å². The second kappa shape index (κ2) is 11.0. The van der Waals surface area contributed by atoms with E-state index in [-0.39, 0.29) is 25.7 Å². The Kier molecular flexibility index (Phi) is 8.12. The van der Waals surface area contributed by atoms with Crippen LogP contribution in [0.1, 0.15) is 11.1 Å². The van der Waals surface area contributed by atoms with Gasteiger partial charge in [0, 0.05) is 18.2 Å². The molecule has 0 radical (unpaired) electrons. The van der Waals surface area contributed by atoms with Crippen molar-refractivity contribution in [3.05, 3.63) is 82.5 Å². The lowest BCUT2D eigenvalue weighted by Gasteiger charge is -2.24. The van der Waals surface area contributed by atoms with Crippen LogP contribution < -0.4 is 10.8 Å². The topological polar surface area (TPSA) is 79.9 Å². The van der Waals surface area contributed by atoms with Gasteiger partial charge in [-0.25, -0.2) is 9.21 Å². The van der Waals surface area contributed by atoms with Crippen LogP contribution >= 0.6 is 27.7 Å². The molecule has 2 atom stereocenters. The molecule has 2 N–H and O–H groups in total. The summed E-state index contributed by atoms with van der Waals surface area (Å²) in [7, 11) is 0. The number of rotatable bonds is 8. The minimum atomic E-state index is -0.959. The third kappa shape index (κ3) is 6.48. The minimum Gasteiger partial charge on any atom is -0.444 e. The summed E-state index contributed by atoms with van der Waals surface area (Å²) < 4.78 is 6.77. The zero-order chi connectivity index (χ0) is 21.3. The molecule has 0 aromatic heterocycles. The number of halogens is 2.